The van der Waals surface area contributed by atoms with Gasteiger partial charge in [0.25, 0.3) is 0 Å². The first-order valence-electron chi connectivity index (χ1n) is 8.58. The van der Waals surface area contributed by atoms with Crippen LogP contribution in [-0.4, -0.2) is 19.3 Å². The normalized spacial score (nSPS) is 21.0. The number of nitrogens with one attached hydrogen (secondary N) is 1. The van der Waals surface area contributed by atoms with Gasteiger partial charge < -0.3 is 14.8 Å². The Kier molecular flexibility index (Phi) is 7.25. The van der Waals surface area contributed by atoms with Crippen LogP contribution in [0.15, 0.2) is 24.8 Å². The smallest absolute Gasteiger partial charge is 0.163 e. The fourth-order valence-corrected chi connectivity index (χ4v) is 3.32. The molecule has 4 heteroatoms. The third-order valence-corrected chi connectivity index (χ3v) is 4.79. The van der Waals surface area contributed by atoms with Crippen LogP contribution in [-0.2, 0) is 6.54 Å². The Morgan fingerprint density at radius 1 is 1.26 bits per heavy atom. The summed E-state index contributed by atoms with van der Waals surface area (Å²) in [5.41, 5.74) is 1.05. The number of benzene rings is 1. The summed E-state index contributed by atoms with van der Waals surface area (Å²) in [6.45, 7) is 9.76. The molecule has 1 N–H and O–H groups in total. The lowest BCUT2D eigenvalue weighted by Crippen LogP contribution is -2.36. The molecule has 3 nitrogen and oxygen atoms in total. The highest BCUT2D eigenvalue weighted by Crippen LogP contribution is 2.34. The molecule has 0 spiro atoms. The molecule has 0 aromatic heterocycles. The van der Waals surface area contributed by atoms with Crippen molar-refractivity contribution >= 4 is 11.6 Å². The van der Waals surface area contributed by atoms with Crippen LogP contribution in [0.5, 0.6) is 11.5 Å². The van der Waals surface area contributed by atoms with E-state index in [0.717, 1.165) is 23.8 Å². The first-order chi connectivity index (χ1) is 11.2. The van der Waals surface area contributed by atoms with Gasteiger partial charge in [0.15, 0.2) is 11.5 Å². The molecule has 1 fully saturated rings. The molecular formula is C19H28ClNO2. The third-order valence-electron chi connectivity index (χ3n) is 4.44. The quantitative estimate of drug-likeness (QED) is 0.679. The summed E-state index contributed by atoms with van der Waals surface area (Å²) in [7, 11) is 0. The van der Waals surface area contributed by atoms with E-state index in [1.54, 1.807) is 6.08 Å². The molecule has 1 aromatic rings. The van der Waals surface area contributed by atoms with Gasteiger partial charge in [-0.15, -0.1) is 0 Å². The van der Waals surface area contributed by atoms with E-state index < -0.39 is 0 Å². The Morgan fingerprint density at radius 3 is 2.70 bits per heavy atom. The fraction of sp³-hybridized carbons (Fsp3) is 0.579. The minimum absolute atomic E-state index is 0.438. The molecule has 0 aliphatic heterocycles. The van der Waals surface area contributed by atoms with Gasteiger partial charge in [-0.3, -0.25) is 0 Å². The first kappa shape index (κ1) is 18.2. The molecule has 1 aliphatic carbocycles. The number of hydrogen-bond acceptors (Lipinski definition) is 3. The van der Waals surface area contributed by atoms with Gasteiger partial charge in [0, 0.05) is 23.7 Å². The zero-order chi connectivity index (χ0) is 16.7. The molecule has 23 heavy (non-hydrogen) atoms. The molecule has 1 aliphatic rings. The maximum absolute atomic E-state index is 6.43. The van der Waals surface area contributed by atoms with Gasteiger partial charge in [0.2, 0.25) is 0 Å². The van der Waals surface area contributed by atoms with Gasteiger partial charge in [-0.05, 0) is 37.3 Å². The van der Waals surface area contributed by atoms with Crippen LogP contribution in [0, 0.1) is 5.92 Å². The van der Waals surface area contributed by atoms with E-state index >= 15 is 0 Å². The Bertz CT molecular complexity index is 518. The number of halogens is 1. The minimum Gasteiger partial charge on any atom is -0.490 e. The second kappa shape index (κ2) is 9.19. The lowest BCUT2D eigenvalue weighted by atomic mass is 9.86. The van der Waals surface area contributed by atoms with E-state index in [4.69, 9.17) is 21.1 Å². The summed E-state index contributed by atoms with van der Waals surface area (Å²) in [4.78, 5) is 0. The van der Waals surface area contributed by atoms with E-state index in [0.29, 0.717) is 30.0 Å². The predicted molar refractivity (Wildman–Crippen MR) is 96.6 cm³/mol. The van der Waals surface area contributed by atoms with Crippen molar-refractivity contribution in [3.63, 3.8) is 0 Å². The SMILES string of the molecule is C=CCOc1cc(Cl)c(CN[C@H]2CCCC[C@H]2C)cc1OCC. The van der Waals surface area contributed by atoms with Crippen LogP contribution in [0.25, 0.3) is 0 Å². The minimum atomic E-state index is 0.438. The van der Waals surface area contributed by atoms with Crippen molar-refractivity contribution in [3.8, 4) is 11.5 Å². The second-order valence-corrected chi connectivity index (χ2v) is 6.58. The molecule has 128 valence electrons. The monoisotopic (exact) mass is 337 g/mol. The van der Waals surface area contributed by atoms with Gasteiger partial charge in [0.05, 0.1) is 6.61 Å². The van der Waals surface area contributed by atoms with Gasteiger partial charge in [0.1, 0.15) is 6.61 Å². The van der Waals surface area contributed by atoms with Crippen molar-refractivity contribution in [2.75, 3.05) is 13.2 Å². The summed E-state index contributed by atoms with van der Waals surface area (Å²) < 4.78 is 11.3. The van der Waals surface area contributed by atoms with Crippen molar-refractivity contribution in [1.82, 2.24) is 5.32 Å². The Balaban J connectivity index is 2.08. The zero-order valence-corrected chi connectivity index (χ0v) is 15.0. The molecule has 0 amide bonds. The highest BCUT2D eigenvalue weighted by Gasteiger charge is 2.21. The van der Waals surface area contributed by atoms with Crippen LogP contribution in [0.3, 0.4) is 0 Å². The highest BCUT2D eigenvalue weighted by molar-refractivity contribution is 6.31. The summed E-state index contributed by atoms with van der Waals surface area (Å²) in [5.74, 6) is 2.14. The second-order valence-electron chi connectivity index (χ2n) is 6.17. The highest BCUT2D eigenvalue weighted by atomic mass is 35.5. The van der Waals surface area contributed by atoms with Gasteiger partial charge in [-0.25, -0.2) is 0 Å². The van der Waals surface area contributed by atoms with Crippen molar-refractivity contribution in [2.24, 2.45) is 5.92 Å². The van der Waals surface area contributed by atoms with E-state index in [1.165, 1.54) is 25.7 Å². The molecule has 0 unspecified atom stereocenters. The average molecular weight is 338 g/mol. The molecule has 0 heterocycles. The first-order valence-corrected chi connectivity index (χ1v) is 8.95. The van der Waals surface area contributed by atoms with Crippen molar-refractivity contribution < 1.29 is 9.47 Å². The van der Waals surface area contributed by atoms with Crippen LogP contribution >= 0.6 is 11.6 Å². The maximum Gasteiger partial charge on any atom is 0.163 e. The van der Waals surface area contributed by atoms with E-state index in [9.17, 15) is 0 Å². The lowest BCUT2D eigenvalue weighted by Gasteiger charge is -2.30. The molecule has 2 rings (SSSR count). The molecule has 0 radical (unpaired) electrons. The fourth-order valence-electron chi connectivity index (χ4n) is 3.10. The molecule has 1 saturated carbocycles. The largest absolute Gasteiger partial charge is 0.490 e. The summed E-state index contributed by atoms with van der Waals surface area (Å²) in [5, 5.41) is 4.38. The Hall–Kier alpha value is -1.19. The van der Waals surface area contributed by atoms with Crippen molar-refractivity contribution in [1.29, 1.82) is 0 Å². The Labute approximate surface area is 145 Å². The van der Waals surface area contributed by atoms with E-state index in [-0.39, 0.29) is 0 Å². The molecule has 0 saturated heterocycles. The third kappa shape index (κ3) is 5.15. The van der Waals surface area contributed by atoms with Crippen LogP contribution < -0.4 is 14.8 Å². The zero-order valence-electron chi connectivity index (χ0n) is 14.2. The topological polar surface area (TPSA) is 30.5 Å². The number of hydrogen-bond donors (Lipinski definition) is 1. The van der Waals surface area contributed by atoms with Crippen molar-refractivity contribution in [3.05, 3.63) is 35.4 Å². The van der Waals surface area contributed by atoms with Gasteiger partial charge >= 0.3 is 0 Å². The molecule has 2 atom stereocenters. The molecule has 0 bridgehead atoms. The Morgan fingerprint density at radius 2 is 2.00 bits per heavy atom. The number of ether oxygens (including phenoxy) is 2. The summed E-state index contributed by atoms with van der Waals surface area (Å²) in [6, 6.07) is 4.41. The molecule has 1 aromatic carbocycles. The van der Waals surface area contributed by atoms with Gasteiger partial charge in [-0.2, -0.15) is 0 Å². The predicted octanol–water partition coefficient (Wildman–Crippen LogP) is 4.97. The lowest BCUT2D eigenvalue weighted by molar-refractivity contribution is 0.278. The van der Waals surface area contributed by atoms with Gasteiger partial charge in [-0.1, -0.05) is 44.0 Å². The van der Waals surface area contributed by atoms with E-state index in [1.807, 2.05) is 19.1 Å². The van der Waals surface area contributed by atoms with Crippen LogP contribution in [0.1, 0.15) is 45.1 Å². The standard InChI is InChI=1S/C19H28ClNO2/c1-4-10-23-19-12-16(20)15(11-18(19)22-5-2)13-21-17-9-7-6-8-14(17)3/h4,11-12,14,17,21H,1,5-10,13H2,2-3H3/t14-,17+/m1/s1. The van der Waals surface area contributed by atoms with Crippen LogP contribution in [0.2, 0.25) is 5.02 Å². The van der Waals surface area contributed by atoms with Crippen LogP contribution in [0.4, 0.5) is 0 Å². The average Bonchev–Trinajstić information content (AvgIpc) is 2.55. The summed E-state index contributed by atoms with van der Waals surface area (Å²) in [6.07, 6.45) is 6.93. The van der Waals surface area contributed by atoms with E-state index in [2.05, 4.69) is 18.8 Å². The molecular weight excluding hydrogens is 310 g/mol. The number of rotatable bonds is 8. The maximum atomic E-state index is 6.43. The summed E-state index contributed by atoms with van der Waals surface area (Å²) >= 11 is 6.43. The van der Waals surface area contributed by atoms with Crippen molar-refractivity contribution in [2.45, 2.75) is 52.1 Å².